The lowest BCUT2D eigenvalue weighted by atomic mass is 10.0. The van der Waals surface area contributed by atoms with Gasteiger partial charge in [0, 0.05) is 13.0 Å². The number of carboxylic acids is 1. The van der Waals surface area contributed by atoms with Crippen LogP contribution in [0.2, 0.25) is 0 Å². The minimum absolute atomic E-state index is 0.220. The fraction of sp³-hybridized carbons (Fsp3) is 0.857. The summed E-state index contributed by atoms with van der Waals surface area (Å²) in [5, 5.41) is 14.1. The third-order valence-electron chi connectivity index (χ3n) is 4.86. The molecule has 7 heteroatoms. The summed E-state index contributed by atoms with van der Waals surface area (Å²) < 4.78 is 0. The average Bonchev–Trinajstić information content (AvgIpc) is 2.64. The van der Waals surface area contributed by atoms with Crippen LogP contribution in [-0.2, 0) is 9.59 Å². The Bertz CT molecular complexity index is 430. The standard InChI is InChI=1S/C21H41N3O4/c1-2-3-4-5-6-7-8-9-10-11-12-13-16-19(25)24-18(20(26)27)15-14-17-23-21(22)28/h18H,2-17H2,1H3,(H,24,25)(H,26,27)(H3,22,23,28)/t18-/m0/s1. The summed E-state index contributed by atoms with van der Waals surface area (Å²) in [6.45, 7) is 2.54. The Morgan fingerprint density at radius 1 is 0.821 bits per heavy atom. The number of nitrogens with two attached hydrogens (primary N) is 1. The summed E-state index contributed by atoms with van der Waals surface area (Å²) >= 11 is 0. The topological polar surface area (TPSA) is 122 Å². The van der Waals surface area contributed by atoms with E-state index in [4.69, 9.17) is 5.73 Å². The number of amides is 3. The second-order valence-corrected chi connectivity index (χ2v) is 7.53. The highest BCUT2D eigenvalue weighted by Crippen LogP contribution is 2.12. The molecule has 7 nitrogen and oxygen atoms in total. The van der Waals surface area contributed by atoms with E-state index in [1.54, 1.807) is 0 Å². The van der Waals surface area contributed by atoms with E-state index in [1.807, 2.05) is 0 Å². The van der Waals surface area contributed by atoms with Gasteiger partial charge in [0.05, 0.1) is 0 Å². The average molecular weight is 400 g/mol. The number of nitrogens with one attached hydrogen (secondary N) is 2. The van der Waals surface area contributed by atoms with Gasteiger partial charge in [-0.2, -0.15) is 0 Å². The molecule has 0 aliphatic carbocycles. The maximum Gasteiger partial charge on any atom is 0.326 e. The Morgan fingerprint density at radius 3 is 1.79 bits per heavy atom. The van der Waals surface area contributed by atoms with Crippen LogP contribution in [0.4, 0.5) is 4.79 Å². The number of unbranched alkanes of at least 4 members (excludes halogenated alkanes) is 11. The van der Waals surface area contributed by atoms with Crippen LogP contribution >= 0.6 is 0 Å². The molecule has 0 rings (SSSR count). The smallest absolute Gasteiger partial charge is 0.326 e. The van der Waals surface area contributed by atoms with Gasteiger partial charge in [0.25, 0.3) is 0 Å². The molecule has 1 atom stereocenters. The molecule has 0 bridgehead atoms. The van der Waals surface area contributed by atoms with Crippen molar-refractivity contribution in [2.24, 2.45) is 5.73 Å². The SMILES string of the molecule is CCCCCCCCCCCCCCC(=O)N[C@@H](CCCNC(N)=O)C(=O)O. The van der Waals surface area contributed by atoms with E-state index >= 15 is 0 Å². The lowest BCUT2D eigenvalue weighted by molar-refractivity contribution is -0.142. The Kier molecular flexibility index (Phi) is 17.4. The van der Waals surface area contributed by atoms with Crippen molar-refractivity contribution < 1.29 is 19.5 Å². The van der Waals surface area contributed by atoms with E-state index in [1.165, 1.54) is 57.8 Å². The Labute approximate surface area is 170 Å². The summed E-state index contributed by atoms with van der Waals surface area (Å²) in [7, 11) is 0. The Balaban J connectivity index is 3.60. The molecule has 0 spiro atoms. The molecule has 3 amide bonds. The van der Waals surface area contributed by atoms with E-state index in [0.717, 1.165) is 19.3 Å². The summed E-state index contributed by atoms with van der Waals surface area (Å²) in [5.41, 5.74) is 4.95. The number of primary amides is 1. The molecule has 0 unspecified atom stereocenters. The minimum atomic E-state index is -1.05. The molecule has 0 aliphatic rings. The van der Waals surface area contributed by atoms with Crippen molar-refractivity contribution in [1.82, 2.24) is 10.6 Å². The summed E-state index contributed by atoms with van der Waals surface area (Å²) in [6.07, 6.45) is 15.8. The highest BCUT2D eigenvalue weighted by molar-refractivity contribution is 5.83. The third-order valence-corrected chi connectivity index (χ3v) is 4.86. The van der Waals surface area contributed by atoms with Crippen molar-refractivity contribution in [2.75, 3.05) is 6.54 Å². The first-order valence-corrected chi connectivity index (χ1v) is 11.0. The molecule has 5 N–H and O–H groups in total. The van der Waals surface area contributed by atoms with Crippen molar-refractivity contribution in [3.05, 3.63) is 0 Å². The van der Waals surface area contributed by atoms with Crippen LogP contribution in [0.25, 0.3) is 0 Å². The van der Waals surface area contributed by atoms with Crippen LogP contribution in [0.1, 0.15) is 103 Å². The van der Waals surface area contributed by atoms with Crippen LogP contribution in [0.15, 0.2) is 0 Å². The van der Waals surface area contributed by atoms with Gasteiger partial charge in [-0.3, -0.25) is 4.79 Å². The maximum atomic E-state index is 11.9. The molecule has 164 valence electrons. The highest BCUT2D eigenvalue weighted by atomic mass is 16.4. The van der Waals surface area contributed by atoms with Gasteiger partial charge in [-0.1, -0.05) is 77.6 Å². The molecule has 0 radical (unpaired) electrons. The number of carbonyl (C=O) groups is 3. The number of carboxylic acid groups (broad SMARTS) is 1. The monoisotopic (exact) mass is 399 g/mol. The number of urea groups is 1. The molecule has 0 aromatic heterocycles. The number of carbonyl (C=O) groups excluding carboxylic acids is 2. The predicted octanol–water partition coefficient (Wildman–Crippen LogP) is 4.10. The highest BCUT2D eigenvalue weighted by Gasteiger charge is 2.19. The Morgan fingerprint density at radius 2 is 1.32 bits per heavy atom. The number of aliphatic carboxylic acids is 1. The zero-order valence-corrected chi connectivity index (χ0v) is 17.6. The lowest BCUT2D eigenvalue weighted by Crippen LogP contribution is -2.41. The van der Waals surface area contributed by atoms with Gasteiger partial charge in [0.2, 0.25) is 5.91 Å². The number of rotatable bonds is 19. The van der Waals surface area contributed by atoms with Crippen LogP contribution in [0.5, 0.6) is 0 Å². The van der Waals surface area contributed by atoms with Gasteiger partial charge in [-0.15, -0.1) is 0 Å². The van der Waals surface area contributed by atoms with Crippen molar-refractivity contribution >= 4 is 17.9 Å². The fourth-order valence-electron chi connectivity index (χ4n) is 3.17. The molecule has 0 heterocycles. The van der Waals surface area contributed by atoms with Crippen molar-refractivity contribution in [1.29, 1.82) is 0 Å². The molecular weight excluding hydrogens is 358 g/mol. The molecule has 0 fully saturated rings. The summed E-state index contributed by atoms with van der Waals surface area (Å²) in [6, 6.07) is -1.55. The van der Waals surface area contributed by atoms with E-state index in [-0.39, 0.29) is 12.3 Å². The van der Waals surface area contributed by atoms with E-state index in [9.17, 15) is 19.5 Å². The predicted molar refractivity (Wildman–Crippen MR) is 112 cm³/mol. The quantitative estimate of drug-likeness (QED) is 0.244. The summed E-state index contributed by atoms with van der Waals surface area (Å²) in [5.74, 6) is -1.27. The second kappa shape index (κ2) is 18.6. The second-order valence-electron chi connectivity index (χ2n) is 7.53. The van der Waals surface area contributed by atoms with Gasteiger partial charge >= 0.3 is 12.0 Å². The van der Waals surface area contributed by atoms with Gasteiger partial charge in [-0.05, 0) is 19.3 Å². The van der Waals surface area contributed by atoms with Crippen LogP contribution < -0.4 is 16.4 Å². The van der Waals surface area contributed by atoms with E-state index in [0.29, 0.717) is 19.4 Å². The van der Waals surface area contributed by atoms with Crippen molar-refractivity contribution in [3.8, 4) is 0 Å². The number of hydrogen-bond acceptors (Lipinski definition) is 3. The minimum Gasteiger partial charge on any atom is -0.480 e. The summed E-state index contributed by atoms with van der Waals surface area (Å²) in [4.78, 5) is 33.7. The molecule has 28 heavy (non-hydrogen) atoms. The molecule has 0 aliphatic heterocycles. The zero-order valence-electron chi connectivity index (χ0n) is 17.6. The van der Waals surface area contributed by atoms with Crippen molar-refractivity contribution in [2.45, 2.75) is 109 Å². The first-order valence-electron chi connectivity index (χ1n) is 11.0. The lowest BCUT2D eigenvalue weighted by Gasteiger charge is -2.14. The molecule has 0 saturated heterocycles. The van der Waals surface area contributed by atoms with Crippen molar-refractivity contribution in [3.63, 3.8) is 0 Å². The maximum absolute atomic E-state index is 11.9. The van der Waals surface area contributed by atoms with Crippen LogP contribution in [-0.4, -0.2) is 35.6 Å². The van der Waals surface area contributed by atoms with Gasteiger partial charge in [0.1, 0.15) is 6.04 Å². The molecular formula is C21H41N3O4. The van der Waals surface area contributed by atoms with Crippen LogP contribution in [0.3, 0.4) is 0 Å². The van der Waals surface area contributed by atoms with Crippen LogP contribution in [0, 0.1) is 0 Å². The van der Waals surface area contributed by atoms with Gasteiger partial charge in [0.15, 0.2) is 0 Å². The Hall–Kier alpha value is -1.79. The number of hydrogen-bond donors (Lipinski definition) is 4. The third kappa shape index (κ3) is 17.6. The molecule has 0 aromatic rings. The zero-order chi connectivity index (χ0) is 21.0. The molecule has 0 saturated carbocycles. The first-order chi connectivity index (χ1) is 13.5. The first kappa shape index (κ1) is 26.2. The molecule has 0 aromatic carbocycles. The largest absolute Gasteiger partial charge is 0.480 e. The normalized spacial score (nSPS) is 11.8. The van der Waals surface area contributed by atoms with Gasteiger partial charge in [-0.25, -0.2) is 9.59 Å². The van der Waals surface area contributed by atoms with Gasteiger partial charge < -0.3 is 21.5 Å². The van der Waals surface area contributed by atoms with E-state index < -0.39 is 18.0 Å². The van der Waals surface area contributed by atoms with E-state index in [2.05, 4.69) is 17.6 Å². The fourth-order valence-corrected chi connectivity index (χ4v) is 3.17.